The second-order valence-electron chi connectivity index (χ2n) is 4.43. The maximum absolute atomic E-state index is 11.5. The highest BCUT2D eigenvalue weighted by molar-refractivity contribution is 5.78. The van der Waals surface area contributed by atoms with Gasteiger partial charge in [0.2, 0.25) is 11.8 Å². The number of amides is 2. The number of rotatable bonds is 7. The highest BCUT2D eigenvalue weighted by Crippen LogP contribution is 2.17. The molecule has 1 aliphatic rings. The number of hydrogen-bond acceptors (Lipinski definition) is 3. The average molecular weight is 241 g/mol. The monoisotopic (exact) mass is 241 g/mol. The van der Waals surface area contributed by atoms with Crippen LogP contribution in [-0.2, 0) is 9.59 Å². The Bertz CT molecular complexity index is 250. The van der Waals surface area contributed by atoms with E-state index in [0.717, 1.165) is 12.8 Å². The molecule has 2 amide bonds. The predicted molar refractivity (Wildman–Crippen MR) is 66.6 cm³/mol. The largest absolute Gasteiger partial charge is 0.356 e. The predicted octanol–water partition coefficient (Wildman–Crippen LogP) is 0.161. The molecule has 0 aromatic carbocycles. The van der Waals surface area contributed by atoms with Crippen molar-refractivity contribution in [1.29, 1.82) is 0 Å². The van der Waals surface area contributed by atoms with E-state index in [1.807, 2.05) is 6.92 Å². The SMILES string of the molecule is CCNC(=O)CCNCC(=O)NC1CCCC1. The molecule has 1 fully saturated rings. The molecule has 1 saturated carbocycles. The summed E-state index contributed by atoms with van der Waals surface area (Å²) in [5, 5.41) is 8.68. The Morgan fingerprint density at radius 3 is 2.53 bits per heavy atom. The standard InChI is InChI=1S/C12H23N3O2/c1-2-14-11(16)7-8-13-9-12(17)15-10-5-3-4-6-10/h10,13H,2-9H2,1H3,(H,14,16)(H,15,17). The molecular formula is C12H23N3O2. The van der Waals surface area contributed by atoms with Gasteiger partial charge in [0.05, 0.1) is 6.54 Å². The summed E-state index contributed by atoms with van der Waals surface area (Å²) in [6.45, 7) is 3.39. The van der Waals surface area contributed by atoms with E-state index in [1.54, 1.807) is 0 Å². The van der Waals surface area contributed by atoms with Crippen LogP contribution in [0.5, 0.6) is 0 Å². The molecule has 0 radical (unpaired) electrons. The molecule has 0 aromatic heterocycles. The number of carbonyl (C=O) groups is 2. The summed E-state index contributed by atoms with van der Waals surface area (Å²) in [4.78, 5) is 22.6. The third-order valence-corrected chi connectivity index (χ3v) is 2.91. The molecule has 0 spiro atoms. The molecule has 0 aliphatic heterocycles. The fourth-order valence-electron chi connectivity index (χ4n) is 2.04. The van der Waals surface area contributed by atoms with E-state index in [4.69, 9.17) is 0 Å². The third-order valence-electron chi connectivity index (χ3n) is 2.91. The fraction of sp³-hybridized carbons (Fsp3) is 0.833. The van der Waals surface area contributed by atoms with Crippen LogP contribution in [0.2, 0.25) is 0 Å². The lowest BCUT2D eigenvalue weighted by Crippen LogP contribution is -2.40. The van der Waals surface area contributed by atoms with Gasteiger partial charge in [0.1, 0.15) is 0 Å². The zero-order valence-corrected chi connectivity index (χ0v) is 10.6. The molecule has 98 valence electrons. The molecule has 17 heavy (non-hydrogen) atoms. The summed E-state index contributed by atoms with van der Waals surface area (Å²) in [5.74, 6) is 0.0593. The normalized spacial score (nSPS) is 15.8. The smallest absolute Gasteiger partial charge is 0.234 e. The van der Waals surface area contributed by atoms with Gasteiger partial charge < -0.3 is 16.0 Å². The molecule has 0 heterocycles. The van der Waals surface area contributed by atoms with Crippen molar-refractivity contribution >= 4 is 11.8 Å². The Kier molecular flexibility index (Phi) is 6.62. The Morgan fingerprint density at radius 1 is 1.18 bits per heavy atom. The summed E-state index contributed by atoms with van der Waals surface area (Å²) in [7, 11) is 0. The molecular weight excluding hydrogens is 218 g/mol. The van der Waals surface area contributed by atoms with Crippen molar-refractivity contribution in [2.24, 2.45) is 0 Å². The Labute approximate surface area is 103 Å². The number of nitrogens with one attached hydrogen (secondary N) is 3. The Morgan fingerprint density at radius 2 is 1.88 bits per heavy atom. The molecule has 1 aliphatic carbocycles. The number of carbonyl (C=O) groups excluding carboxylic acids is 2. The van der Waals surface area contributed by atoms with Crippen molar-refractivity contribution in [2.75, 3.05) is 19.6 Å². The molecule has 0 saturated heterocycles. The van der Waals surface area contributed by atoms with Crippen LogP contribution in [0.1, 0.15) is 39.0 Å². The minimum Gasteiger partial charge on any atom is -0.356 e. The first-order valence-corrected chi connectivity index (χ1v) is 6.49. The highest BCUT2D eigenvalue weighted by Gasteiger charge is 2.16. The quantitative estimate of drug-likeness (QED) is 0.556. The first-order chi connectivity index (χ1) is 8.22. The van der Waals surface area contributed by atoms with Gasteiger partial charge >= 0.3 is 0 Å². The van der Waals surface area contributed by atoms with Crippen LogP contribution in [0.15, 0.2) is 0 Å². The van der Waals surface area contributed by atoms with Gasteiger partial charge in [-0.05, 0) is 19.8 Å². The first-order valence-electron chi connectivity index (χ1n) is 6.49. The second kappa shape index (κ2) is 8.06. The van der Waals surface area contributed by atoms with Crippen molar-refractivity contribution in [3.63, 3.8) is 0 Å². The van der Waals surface area contributed by atoms with Gasteiger partial charge in [0.15, 0.2) is 0 Å². The van der Waals surface area contributed by atoms with E-state index in [0.29, 0.717) is 32.1 Å². The van der Waals surface area contributed by atoms with Crippen LogP contribution < -0.4 is 16.0 Å². The van der Waals surface area contributed by atoms with Gasteiger partial charge in [-0.3, -0.25) is 9.59 Å². The van der Waals surface area contributed by atoms with Gasteiger partial charge in [0, 0.05) is 25.6 Å². The number of hydrogen-bond donors (Lipinski definition) is 3. The average Bonchev–Trinajstić information content (AvgIpc) is 2.77. The van der Waals surface area contributed by atoms with E-state index in [-0.39, 0.29) is 11.8 Å². The summed E-state index contributed by atoms with van der Waals surface area (Å²) in [5.41, 5.74) is 0. The summed E-state index contributed by atoms with van der Waals surface area (Å²) in [6.07, 6.45) is 5.06. The van der Waals surface area contributed by atoms with Crippen LogP contribution >= 0.6 is 0 Å². The summed E-state index contributed by atoms with van der Waals surface area (Å²) in [6, 6.07) is 0.368. The van der Waals surface area contributed by atoms with Crippen LogP contribution in [0, 0.1) is 0 Å². The van der Waals surface area contributed by atoms with Crippen molar-refractivity contribution in [2.45, 2.75) is 45.1 Å². The lowest BCUT2D eigenvalue weighted by atomic mass is 10.2. The second-order valence-corrected chi connectivity index (χ2v) is 4.43. The minimum absolute atomic E-state index is 0.0243. The zero-order valence-electron chi connectivity index (χ0n) is 10.6. The van der Waals surface area contributed by atoms with Crippen LogP contribution in [-0.4, -0.2) is 37.5 Å². The minimum atomic E-state index is 0.0243. The third kappa shape index (κ3) is 6.26. The van der Waals surface area contributed by atoms with Crippen molar-refractivity contribution in [3.05, 3.63) is 0 Å². The van der Waals surface area contributed by atoms with Crippen LogP contribution in [0.3, 0.4) is 0 Å². The first kappa shape index (κ1) is 14.0. The van der Waals surface area contributed by atoms with E-state index in [2.05, 4.69) is 16.0 Å². The molecule has 0 aromatic rings. The maximum atomic E-state index is 11.5. The topological polar surface area (TPSA) is 70.2 Å². The van der Waals surface area contributed by atoms with E-state index in [9.17, 15) is 9.59 Å². The van der Waals surface area contributed by atoms with Gasteiger partial charge in [-0.2, -0.15) is 0 Å². The van der Waals surface area contributed by atoms with Gasteiger partial charge in [-0.25, -0.2) is 0 Å². The Hall–Kier alpha value is -1.10. The van der Waals surface area contributed by atoms with Crippen LogP contribution in [0.25, 0.3) is 0 Å². The van der Waals surface area contributed by atoms with Crippen molar-refractivity contribution in [3.8, 4) is 0 Å². The highest BCUT2D eigenvalue weighted by atomic mass is 16.2. The molecule has 5 heteroatoms. The van der Waals surface area contributed by atoms with E-state index >= 15 is 0 Å². The molecule has 1 rings (SSSR count). The fourth-order valence-corrected chi connectivity index (χ4v) is 2.04. The summed E-state index contributed by atoms with van der Waals surface area (Å²) >= 11 is 0. The van der Waals surface area contributed by atoms with Gasteiger partial charge in [-0.1, -0.05) is 12.8 Å². The van der Waals surface area contributed by atoms with E-state index < -0.39 is 0 Å². The van der Waals surface area contributed by atoms with E-state index in [1.165, 1.54) is 12.8 Å². The molecule has 0 bridgehead atoms. The summed E-state index contributed by atoms with van der Waals surface area (Å²) < 4.78 is 0. The van der Waals surface area contributed by atoms with Gasteiger partial charge in [-0.15, -0.1) is 0 Å². The maximum Gasteiger partial charge on any atom is 0.234 e. The molecule has 0 unspecified atom stereocenters. The lowest BCUT2D eigenvalue weighted by Gasteiger charge is -2.12. The molecule has 3 N–H and O–H groups in total. The van der Waals surface area contributed by atoms with Crippen molar-refractivity contribution < 1.29 is 9.59 Å². The Balaban J connectivity index is 1.98. The van der Waals surface area contributed by atoms with Crippen molar-refractivity contribution in [1.82, 2.24) is 16.0 Å². The zero-order chi connectivity index (χ0) is 12.5. The lowest BCUT2D eigenvalue weighted by molar-refractivity contribution is -0.122. The van der Waals surface area contributed by atoms with Crippen LogP contribution in [0.4, 0.5) is 0 Å². The van der Waals surface area contributed by atoms with Gasteiger partial charge in [0.25, 0.3) is 0 Å². The molecule has 0 atom stereocenters. The molecule has 5 nitrogen and oxygen atoms in total.